The normalized spacial score (nSPS) is 18.2. The molecule has 2 rings (SSSR count). The van der Waals surface area contributed by atoms with Gasteiger partial charge in [-0.1, -0.05) is 17.7 Å². The lowest BCUT2D eigenvalue weighted by molar-refractivity contribution is 0.344. The smallest absolute Gasteiger partial charge is 0.0455 e. The summed E-state index contributed by atoms with van der Waals surface area (Å²) in [5.41, 5.74) is 2.36. The summed E-state index contributed by atoms with van der Waals surface area (Å²) in [6, 6.07) is 6.27. The number of anilines is 1. The highest BCUT2D eigenvalue weighted by molar-refractivity contribution is 6.31. The van der Waals surface area contributed by atoms with Crippen LogP contribution in [0.15, 0.2) is 18.2 Å². The third-order valence-electron chi connectivity index (χ3n) is 2.89. The topological polar surface area (TPSA) is 6.48 Å². The van der Waals surface area contributed by atoms with E-state index in [4.69, 9.17) is 11.6 Å². The van der Waals surface area contributed by atoms with Gasteiger partial charge in [-0.2, -0.15) is 0 Å². The summed E-state index contributed by atoms with van der Waals surface area (Å²) in [6.07, 6.45) is 0. The van der Waals surface area contributed by atoms with Gasteiger partial charge in [-0.3, -0.25) is 4.90 Å². The van der Waals surface area contributed by atoms with Crippen molar-refractivity contribution in [1.29, 1.82) is 0 Å². The molecule has 0 spiro atoms. The first kappa shape index (κ1) is 10.8. The first-order valence-electron chi connectivity index (χ1n) is 5.23. The maximum Gasteiger partial charge on any atom is 0.0455 e. The van der Waals surface area contributed by atoms with E-state index >= 15 is 0 Å². The molecule has 0 amide bonds. The van der Waals surface area contributed by atoms with Crippen LogP contribution >= 0.6 is 11.6 Å². The monoisotopic (exact) mass is 223 g/mol. The standard InChI is InChI=1S/C12H16ClN2/c1-10-3-4-11(9-12(10)13)15-7-5-14(2)6-8-15/h3-4,9H,2,5-8H2,1H3. The van der Waals surface area contributed by atoms with Crippen LogP contribution in [0.1, 0.15) is 5.56 Å². The van der Waals surface area contributed by atoms with Crippen molar-refractivity contribution in [3.63, 3.8) is 0 Å². The lowest BCUT2D eigenvalue weighted by atomic mass is 10.2. The third kappa shape index (κ3) is 2.44. The maximum absolute atomic E-state index is 6.11. The summed E-state index contributed by atoms with van der Waals surface area (Å²) in [5, 5.41) is 0.851. The number of aryl methyl sites for hydroxylation is 1. The molecule has 3 heteroatoms. The number of benzene rings is 1. The van der Waals surface area contributed by atoms with Crippen molar-refractivity contribution in [3.8, 4) is 0 Å². The Morgan fingerprint density at radius 2 is 1.87 bits per heavy atom. The zero-order valence-electron chi connectivity index (χ0n) is 9.04. The molecule has 0 bridgehead atoms. The number of rotatable bonds is 1. The Morgan fingerprint density at radius 1 is 1.20 bits per heavy atom. The van der Waals surface area contributed by atoms with Crippen LogP contribution in [-0.4, -0.2) is 31.1 Å². The van der Waals surface area contributed by atoms with E-state index in [1.54, 1.807) is 0 Å². The molecule has 1 saturated heterocycles. The second-order valence-corrected chi connectivity index (χ2v) is 4.45. The van der Waals surface area contributed by atoms with E-state index in [9.17, 15) is 0 Å². The second-order valence-electron chi connectivity index (χ2n) is 4.04. The SMILES string of the molecule is [CH2]N1CCN(c2ccc(C)c(Cl)c2)CC1. The Labute approximate surface area is 96.4 Å². The van der Waals surface area contributed by atoms with Gasteiger partial charge in [-0.25, -0.2) is 0 Å². The van der Waals surface area contributed by atoms with Crippen LogP contribution in [-0.2, 0) is 0 Å². The van der Waals surface area contributed by atoms with E-state index in [1.807, 2.05) is 6.92 Å². The highest BCUT2D eigenvalue weighted by Crippen LogP contribution is 2.23. The van der Waals surface area contributed by atoms with Gasteiger partial charge in [0.05, 0.1) is 0 Å². The molecule has 0 aliphatic carbocycles. The van der Waals surface area contributed by atoms with Crippen molar-refractivity contribution >= 4 is 17.3 Å². The molecule has 0 N–H and O–H groups in total. The molecule has 2 nitrogen and oxygen atoms in total. The summed E-state index contributed by atoms with van der Waals surface area (Å²) in [4.78, 5) is 4.46. The van der Waals surface area contributed by atoms with Gasteiger partial charge in [-0.05, 0) is 24.6 Å². The Balaban J connectivity index is 2.12. The van der Waals surface area contributed by atoms with Crippen molar-refractivity contribution in [3.05, 3.63) is 35.8 Å². The lowest BCUT2D eigenvalue weighted by Crippen LogP contribution is -2.43. The Bertz CT molecular complexity index is 343. The van der Waals surface area contributed by atoms with Crippen LogP contribution in [0.2, 0.25) is 5.02 Å². The van der Waals surface area contributed by atoms with Crippen molar-refractivity contribution in [1.82, 2.24) is 4.90 Å². The van der Waals surface area contributed by atoms with Crippen LogP contribution < -0.4 is 4.90 Å². The van der Waals surface area contributed by atoms with Crippen molar-refractivity contribution in [2.45, 2.75) is 6.92 Å². The minimum atomic E-state index is 0.851. The first-order chi connectivity index (χ1) is 7.16. The third-order valence-corrected chi connectivity index (χ3v) is 3.30. The van der Waals surface area contributed by atoms with Crippen molar-refractivity contribution in [2.24, 2.45) is 0 Å². The molecule has 15 heavy (non-hydrogen) atoms. The van der Waals surface area contributed by atoms with Crippen LogP contribution in [0.25, 0.3) is 0 Å². The fourth-order valence-corrected chi connectivity index (χ4v) is 1.96. The fraction of sp³-hybridized carbons (Fsp3) is 0.417. The molecule has 1 radical (unpaired) electrons. The van der Waals surface area contributed by atoms with Gasteiger partial charge in [0, 0.05) is 43.9 Å². The van der Waals surface area contributed by atoms with E-state index in [-0.39, 0.29) is 0 Å². The van der Waals surface area contributed by atoms with Crippen LogP contribution in [0.3, 0.4) is 0 Å². The molecule has 0 atom stereocenters. The van der Waals surface area contributed by atoms with Gasteiger partial charge < -0.3 is 4.90 Å². The predicted molar refractivity (Wildman–Crippen MR) is 65.3 cm³/mol. The number of hydrogen-bond acceptors (Lipinski definition) is 2. The van der Waals surface area contributed by atoms with Gasteiger partial charge in [0.15, 0.2) is 0 Å². The molecule has 81 valence electrons. The van der Waals surface area contributed by atoms with Gasteiger partial charge in [-0.15, -0.1) is 0 Å². The van der Waals surface area contributed by atoms with Crippen molar-refractivity contribution in [2.75, 3.05) is 31.1 Å². The Morgan fingerprint density at radius 3 is 2.47 bits per heavy atom. The van der Waals surface area contributed by atoms with Gasteiger partial charge in [0.1, 0.15) is 0 Å². The average molecular weight is 224 g/mol. The Hall–Kier alpha value is -0.730. The van der Waals surface area contributed by atoms with E-state index in [0.29, 0.717) is 0 Å². The number of hydrogen-bond donors (Lipinski definition) is 0. The molecule has 0 unspecified atom stereocenters. The first-order valence-corrected chi connectivity index (χ1v) is 5.61. The predicted octanol–water partition coefficient (Wildman–Crippen LogP) is 2.56. The van der Waals surface area contributed by atoms with Crippen LogP contribution in [0.4, 0.5) is 5.69 Å². The maximum atomic E-state index is 6.11. The molecular weight excluding hydrogens is 208 g/mol. The molecular formula is C12H16ClN2. The molecule has 0 saturated carbocycles. The number of halogens is 1. The van der Waals surface area contributed by atoms with Gasteiger partial charge in [0.25, 0.3) is 0 Å². The van der Waals surface area contributed by atoms with E-state index < -0.39 is 0 Å². The number of nitrogens with zero attached hydrogens (tertiary/aromatic N) is 2. The fourth-order valence-electron chi connectivity index (χ4n) is 1.78. The quantitative estimate of drug-likeness (QED) is 0.722. The van der Waals surface area contributed by atoms with Crippen molar-refractivity contribution < 1.29 is 0 Å². The zero-order chi connectivity index (χ0) is 10.8. The molecule has 1 heterocycles. The largest absolute Gasteiger partial charge is 0.369 e. The van der Waals surface area contributed by atoms with Crippen LogP contribution in [0, 0.1) is 14.0 Å². The summed E-state index contributed by atoms with van der Waals surface area (Å²) in [7, 11) is 3.94. The van der Waals surface area contributed by atoms with E-state index in [1.165, 1.54) is 5.69 Å². The number of piperazine rings is 1. The average Bonchev–Trinajstić information content (AvgIpc) is 2.23. The summed E-state index contributed by atoms with van der Waals surface area (Å²) < 4.78 is 0. The van der Waals surface area contributed by atoms with E-state index in [2.05, 4.69) is 35.0 Å². The lowest BCUT2D eigenvalue weighted by Gasteiger charge is -2.34. The zero-order valence-corrected chi connectivity index (χ0v) is 9.80. The Kier molecular flexibility index (Phi) is 3.17. The molecule has 1 aromatic rings. The van der Waals surface area contributed by atoms with E-state index in [0.717, 1.165) is 36.8 Å². The summed E-state index contributed by atoms with van der Waals surface area (Å²) >= 11 is 6.11. The molecule has 1 aliphatic heterocycles. The van der Waals surface area contributed by atoms with Gasteiger partial charge >= 0.3 is 0 Å². The second kappa shape index (κ2) is 4.42. The summed E-state index contributed by atoms with van der Waals surface area (Å²) in [5.74, 6) is 0. The van der Waals surface area contributed by atoms with Gasteiger partial charge in [0.2, 0.25) is 0 Å². The molecule has 0 aromatic heterocycles. The molecule has 1 fully saturated rings. The minimum Gasteiger partial charge on any atom is -0.369 e. The highest BCUT2D eigenvalue weighted by Gasteiger charge is 2.14. The van der Waals surface area contributed by atoms with Crippen LogP contribution in [0.5, 0.6) is 0 Å². The molecule has 1 aliphatic rings. The minimum absolute atomic E-state index is 0.851. The molecule has 1 aromatic carbocycles. The summed E-state index contributed by atoms with van der Waals surface area (Å²) in [6.45, 7) is 6.13. The highest BCUT2D eigenvalue weighted by atomic mass is 35.5.